The molecule has 30 heavy (non-hydrogen) atoms. The fourth-order valence-corrected chi connectivity index (χ4v) is 3.62. The summed E-state index contributed by atoms with van der Waals surface area (Å²) in [5.74, 6) is 2.12. The van der Waals surface area contributed by atoms with E-state index in [2.05, 4.69) is 35.3 Å². The maximum Gasteiger partial charge on any atom is 0.270 e. The van der Waals surface area contributed by atoms with E-state index in [0.717, 1.165) is 51.9 Å². The molecule has 2 fully saturated rings. The fraction of sp³-hybridized carbons (Fsp3) is 0.474. The minimum absolute atomic E-state index is 0.0370. The molecule has 158 valence electrons. The Hall–Kier alpha value is -3.50. The molecule has 3 heterocycles. The van der Waals surface area contributed by atoms with Gasteiger partial charge in [-0.3, -0.25) is 10.1 Å². The number of hydrazone groups is 1. The van der Waals surface area contributed by atoms with Gasteiger partial charge in [-0.2, -0.15) is 20.1 Å². The number of methoxy groups -OCH3 is 1. The third-order valence-corrected chi connectivity index (χ3v) is 5.18. The minimum Gasteiger partial charge on any atom is -0.496 e. The second-order valence-electron chi connectivity index (χ2n) is 7.20. The normalized spacial score (nSPS) is 16.4. The van der Waals surface area contributed by atoms with Crippen molar-refractivity contribution < 1.29 is 9.66 Å². The molecule has 0 unspecified atom stereocenters. The predicted molar refractivity (Wildman–Crippen MR) is 114 cm³/mol. The molecule has 0 spiro atoms. The Morgan fingerprint density at radius 1 is 1.07 bits per heavy atom. The Labute approximate surface area is 173 Å². The van der Waals surface area contributed by atoms with Crippen LogP contribution < -0.4 is 20.0 Å². The molecule has 0 aliphatic carbocycles. The molecule has 11 heteroatoms. The molecule has 0 bridgehead atoms. The van der Waals surface area contributed by atoms with Crippen molar-refractivity contribution in [2.45, 2.75) is 25.7 Å². The summed E-state index contributed by atoms with van der Waals surface area (Å²) >= 11 is 0. The van der Waals surface area contributed by atoms with Gasteiger partial charge in [-0.05, 0) is 31.7 Å². The lowest BCUT2D eigenvalue weighted by Crippen LogP contribution is -2.25. The summed E-state index contributed by atoms with van der Waals surface area (Å²) in [6.07, 6.45) is 5.95. The molecule has 1 aromatic heterocycles. The van der Waals surface area contributed by atoms with E-state index in [9.17, 15) is 10.1 Å². The lowest BCUT2D eigenvalue weighted by Gasteiger charge is -2.20. The Bertz CT molecular complexity index is 905. The van der Waals surface area contributed by atoms with Crippen LogP contribution in [-0.4, -0.2) is 59.4 Å². The standard InChI is InChI=1S/C19H24N8O3/c1-30-16-7-6-15(27(28)29)12-14(16)13-20-24-17-21-18(25-8-2-3-9-25)23-19(22-17)26-10-4-5-11-26/h6-7,12-13H,2-5,8-11H2,1H3,(H,21,22,23,24). The van der Waals surface area contributed by atoms with E-state index in [4.69, 9.17) is 4.74 Å². The average molecular weight is 412 g/mol. The van der Waals surface area contributed by atoms with Crippen LogP contribution in [0.3, 0.4) is 0 Å². The lowest BCUT2D eigenvalue weighted by atomic mass is 10.2. The molecule has 2 aliphatic heterocycles. The molecule has 0 saturated carbocycles. The van der Waals surface area contributed by atoms with E-state index in [-0.39, 0.29) is 5.69 Å². The van der Waals surface area contributed by atoms with Crippen LogP contribution >= 0.6 is 0 Å². The molecular formula is C19H24N8O3. The van der Waals surface area contributed by atoms with Crippen LogP contribution in [0, 0.1) is 10.1 Å². The number of nitrogens with zero attached hydrogens (tertiary/aromatic N) is 7. The first-order chi connectivity index (χ1) is 14.6. The Kier molecular flexibility index (Phi) is 5.87. The summed E-state index contributed by atoms with van der Waals surface area (Å²) < 4.78 is 5.26. The summed E-state index contributed by atoms with van der Waals surface area (Å²) in [6.45, 7) is 3.71. The number of nitro groups is 1. The van der Waals surface area contributed by atoms with Crippen molar-refractivity contribution in [3.8, 4) is 5.75 Å². The van der Waals surface area contributed by atoms with Crippen molar-refractivity contribution in [2.24, 2.45) is 5.10 Å². The smallest absolute Gasteiger partial charge is 0.270 e. The molecule has 11 nitrogen and oxygen atoms in total. The van der Waals surface area contributed by atoms with Gasteiger partial charge in [-0.1, -0.05) is 0 Å². The van der Waals surface area contributed by atoms with Crippen LogP contribution in [0.2, 0.25) is 0 Å². The highest BCUT2D eigenvalue weighted by molar-refractivity contribution is 5.85. The Balaban J connectivity index is 1.57. The zero-order valence-electron chi connectivity index (χ0n) is 16.8. The highest BCUT2D eigenvalue weighted by atomic mass is 16.6. The number of benzene rings is 1. The number of hydrogen-bond acceptors (Lipinski definition) is 10. The monoisotopic (exact) mass is 412 g/mol. The third-order valence-electron chi connectivity index (χ3n) is 5.18. The predicted octanol–water partition coefficient (Wildman–Crippen LogP) is 2.43. The second kappa shape index (κ2) is 8.89. The minimum atomic E-state index is -0.458. The summed E-state index contributed by atoms with van der Waals surface area (Å²) in [5.41, 5.74) is 3.29. The largest absolute Gasteiger partial charge is 0.496 e. The number of anilines is 3. The summed E-state index contributed by atoms with van der Waals surface area (Å²) in [7, 11) is 1.50. The molecule has 1 aromatic carbocycles. The van der Waals surface area contributed by atoms with Crippen LogP contribution in [0.15, 0.2) is 23.3 Å². The highest BCUT2D eigenvalue weighted by Crippen LogP contribution is 2.24. The zero-order valence-corrected chi connectivity index (χ0v) is 16.8. The molecule has 1 N–H and O–H groups in total. The number of aromatic nitrogens is 3. The lowest BCUT2D eigenvalue weighted by molar-refractivity contribution is -0.384. The Morgan fingerprint density at radius 2 is 1.67 bits per heavy atom. The molecule has 0 atom stereocenters. The van der Waals surface area contributed by atoms with Crippen LogP contribution in [0.5, 0.6) is 5.75 Å². The number of nitrogens with one attached hydrogen (secondary N) is 1. The molecular weight excluding hydrogens is 388 g/mol. The van der Waals surface area contributed by atoms with Crippen LogP contribution in [0.1, 0.15) is 31.2 Å². The number of ether oxygens (including phenoxy) is 1. The van der Waals surface area contributed by atoms with Crippen molar-refractivity contribution >= 4 is 29.7 Å². The first kappa shape index (κ1) is 19.8. The third kappa shape index (κ3) is 4.39. The number of non-ortho nitro benzene ring substituents is 1. The van der Waals surface area contributed by atoms with E-state index in [1.165, 1.54) is 25.5 Å². The van der Waals surface area contributed by atoms with Gasteiger partial charge in [-0.15, -0.1) is 0 Å². The molecule has 4 rings (SSSR count). The van der Waals surface area contributed by atoms with Crippen LogP contribution in [0.25, 0.3) is 0 Å². The van der Waals surface area contributed by atoms with Gasteiger partial charge >= 0.3 is 0 Å². The van der Waals surface area contributed by atoms with Gasteiger partial charge < -0.3 is 14.5 Å². The summed E-state index contributed by atoms with van der Waals surface area (Å²) in [6, 6.07) is 4.34. The second-order valence-corrected chi connectivity index (χ2v) is 7.20. The van der Waals surface area contributed by atoms with E-state index in [0.29, 0.717) is 29.2 Å². The Morgan fingerprint density at radius 3 is 2.20 bits per heavy atom. The van der Waals surface area contributed by atoms with Crippen molar-refractivity contribution in [3.63, 3.8) is 0 Å². The molecule has 2 saturated heterocycles. The quantitative estimate of drug-likeness (QED) is 0.415. The summed E-state index contributed by atoms with van der Waals surface area (Å²) in [4.78, 5) is 28.6. The molecule has 0 amide bonds. The van der Waals surface area contributed by atoms with Gasteiger partial charge in [0.2, 0.25) is 17.8 Å². The van der Waals surface area contributed by atoms with Gasteiger partial charge in [-0.25, -0.2) is 5.43 Å². The first-order valence-corrected chi connectivity index (χ1v) is 10.0. The van der Waals surface area contributed by atoms with Crippen molar-refractivity contribution in [2.75, 3.05) is 48.5 Å². The van der Waals surface area contributed by atoms with Crippen molar-refractivity contribution in [3.05, 3.63) is 33.9 Å². The number of hydrogen-bond donors (Lipinski definition) is 1. The van der Waals surface area contributed by atoms with Crippen LogP contribution in [-0.2, 0) is 0 Å². The van der Waals surface area contributed by atoms with E-state index >= 15 is 0 Å². The van der Waals surface area contributed by atoms with Crippen molar-refractivity contribution in [1.82, 2.24) is 15.0 Å². The first-order valence-electron chi connectivity index (χ1n) is 10.0. The topological polar surface area (TPSA) is 122 Å². The molecule has 2 aromatic rings. The zero-order chi connectivity index (χ0) is 20.9. The average Bonchev–Trinajstić information content (AvgIpc) is 3.47. The van der Waals surface area contributed by atoms with Gasteiger partial charge in [0.25, 0.3) is 5.69 Å². The SMILES string of the molecule is COc1ccc([N+](=O)[O-])cc1C=NNc1nc(N2CCCC2)nc(N2CCCC2)n1. The van der Waals surface area contributed by atoms with Gasteiger partial charge in [0.15, 0.2) is 0 Å². The van der Waals surface area contributed by atoms with Gasteiger partial charge in [0.05, 0.1) is 18.2 Å². The highest BCUT2D eigenvalue weighted by Gasteiger charge is 2.21. The van der Waals surface area contributed by atoms with Crippen molar-refractivity contribution in [1.29, 1.82) is 0 Å². The van der Waals surface area contributed by atoms with E-state index < -0.39 is 4.92 Å². The summed E-state index contributed by atoms with van der Waals surface area (Å²) in [5, 5.41) is 15.2. The number of rotatable bonds is 7. The van der Waals surface area contributed by atoms with Gasteiger partial charge in [0.1, 0.15) is 5.75 Å². The van der Waals surface area contributed by atoms with E-state index in [1.54, 1.807) is 6.07 Å². The maximum absolute atomic E-state index is 11.0. The maximum atomic E-state index is 11.0. The number of nitro benzene ring substituents is 1. The van der Waals surface area contributed by atoms with Gasteiger partial charge in [0, 0.05) is 43.9 Å². The molecule has 2 aliphatic rings. The molecule has 0 radical (unpaired) electrons. The van der Waals surface area contributed by atoms with Crippen LogP contribution in [0.4, 0.5) is 23.5 Å². The van der Waals surface area contributed by atoms with E-state index in [1.807, 2.05) is 0 Å². The fourth-order valence-electron chi connectivity index (χ4n) is 3.62.